The molecule has 1 rings (SSSR count). The number of nitrogens with zero attached hydrogens (tertiary/aromatic N) is 1. The Morgan fingerprint density at radius 2 is 1.96 bits per heavy atom. The van der Waals surface area contributed by atoms with Crippen molar-refractivity contribution in [3.8, 4) is 11.5 Å². The Morgan fingerprint density at radius 3 is 2.43 bits per heavy atom. The summed E-state index contributed by atoms with van der Waals surface area (Å²) in [7, 11) is -1.46. The van der Waals surface area contributed by atoms with Gasteiger partial charge in [-0.1, -0.05) is 25.6 Å². The van der Waals surface area contributed by atoms with Crippen LogP contribution in [0, 0.1) is 11.5 Å². The number of aliphatic hydroxyl groups is 1. The lowest BCUT2D eigenvalue weighted by Gasteiger charge is -2.36. The van der Waals surface area contributed by atoms with E-state index in [2.05, 4.69) is 31.1 Å². The molecule has 1 N–H and O–H groups in total. The third-order valence-corrected chi connectivity index (χ3v) is 4.46. The molecule has 5 nitrogen and oxygen atoms in total. The van der Waals surface area contributed by atoms with Gasteiger partial charge in [0, 0.05) is 0 Å². The molecule has 1 amide bonds. The number of carbonyl (C=O) groups excluding carboxylic acids is 1. The van der Waals surface area contributed by atoms with Crippen molar-refractivity contribution in [3.05, 3.63) is 0 Å². The molecule has 0 unspecified atom stereocenters. The molecule has 0 spiro atoms. The smallest absolute Gasteiger partial charge is 0.412 e. The Kier molecular flexibility index (Phi) is 6.30. The van der Waals surface area contributed by atoms with Crippen molar-refractivity contribution in [1.29, 1.82) is 0 Å². The van der Waals surface area contributed by atoms with Crippen LogP contribution in [0.3, 0.4) is 0 Å². The molecule has 1 fully saturated rings. The van der Waals surface area contributed by atoms with Gasteiger partial charge in [0.2, 0.25) is 0 Å². The van der Waals surface area contributed by atoms with Gasteiger partial charge in [-0.3, -0.25) is 4.90 Å². The van der Waals surface area contributed by atoms with Crippen molar-refractivity contribution in [2.24, 2.45) is 0 Å². The van der Waals surface area contributed by atoms with Crippen molar-refractivity contribution in [3.63, 3.8) is 0 Å². The molecule has 0 aromatic rings. The third-order valence-electron chi connectivity index (χ3n) is 3.57. The molecule has 0 bridgehead atoms. The largest absolute Gasteiger partial charge is 0.449 e. The molecule has 23 heavy (non-hydrogen) atoms. The summed E-state index contributed by atoms with van der Waals surface area (Å²) in [5.74, 6) is 2.89. The quantitative estimate of drug-likeness (QED) is 0.485. The standard InChI is InChI=1S/C17H31NO4Si/c1-16(2)13-22-17(3,4)18(16)15(20)21-11-8-9-14(19)10-12-23(5,6)7/h14,19H,8-9,11,13H2,1-7H3/t14-/m0/s1. The van der Waals surface area contributed by atoms with Crippen molar-refractivity contribution in [1.82, 2.24) is 4.90 Å². The number of carbonyl (C=O) groups is 1. The summed E-state index contributed by atoms with van der Waals surface area (Å²) in [5.41, 5.74) is 2.09. The number of aliphatic hydroxyl groups excluding tert-OH is 1. The maximum atomic E-state index is 12.3. The van der Waals surface area contributed by atoms with E-state index in [1.807, 2.05) is 27.7 Å². The minimum atomic E-state index is -1.46. The van der Waals surface area contributed by atoms with E-state index in [9.17, 15) is 9.90 Å². The maximum absolute atomic E-state index is 12.3. The molecular weight excluding hydrogens is 310 g/mol. The van der Waals surface area contributed by atoms with E-state index in [1.165, 1.54) is 0 Å². The van der Waals surface area contributed by atoms with Crippen LogP contribution in [0.1, 0.15) is 40.5 Å². The van der Waals surface area contributed by atoms with Crippen molar-refractivity contribution in [2.75, 3.05) is 13.2 Å². The fourth-order valence-electron chi connectivity index (χ4n) is 2.55. The summed E-state index contributed by atoms with van der Waals surface area (Å²) in [5, 5.41) is 9.83. The highest BCUT2D eigenvalue weighted by Gasteiger charge is 2.49. The van der Waals surface area contributed by atoms with E-state index in [0.29, 0.717) is 19.4 Å². The molecule has 1 aliphatic heterocycles. The Balaban J connectivity index is 2.41. The molecule has 6 heteroatoms. The van der Waals surface area contributed by atoms with E-state index in [0.717, 1.165) is 0 Å². The minimum absolute atomic E-state index is 0.271. The van der Waals surface area contributed by atoms with Crippen LogP contribution in [0.4, 0.5) is 4.79 Å². The molecule has 1 aliphatic rings. The molecule has 1 atom stereocenters. The first-order valence-electron chi connectivity index (χ1n) is 8.17. The van der Waals surface area contributed by atoms with Gasteiger partial charge in [-0.05, 0) is 40.5 Å². The number of hydrogen-bond donors (Lipinski definition) is 1. The normalized spacial score (nSPS) is 20.6. The van der Waals surface area contributed by atoms with Gasteiger partial charge in [0.25, 0.3) is 0 Å². The zero-order valence-electron chi connectivity index (χ0n) is 15.5. The zero-order chi connectivity index (χ0) is 17.9. The average molecular weight is 342 g/mol. The Bertz CT molecular complexity index is 469. The first kappa shape index (κ1) is 20.0. The monoisotopic (exact) mass is 341 g/mol. The van der Waals surface area contributed by atoms with Crippen LogP contribution in [-0.2, 0) is 9.47 Å². The van der Waals surface area contributed by atoms with Gasteiger partial charge < -0.3 is 14.6 Å². The SMILES string of the molecule is CC1(C)COC(C)(C)N1C(=O)OCCC[C@H](O)C#C[Si](C)(C)C. The molecule has 0 saturated carbocycles. The second-order valence-corrected chi connectivity index (χ2v) is 12.9. The molecule has 0 aliphatic carbocycles. The molecule has 1 heterocycles. The molecular formula is C17H31NO4Si. The molecule has 1 saturated heterocycles. The Morgan fingerprint density at radius 1 is 1.35 bits per heavy atom. The van der Waals surface area contributed by atoms with Crippen LogP contribution in [0.2, 0.25) is 19.6 Å². The topological polar surface area (TPSA) is 59.0 Å². The lowest BCUT2D eigenvalue weighted by molar-refractivity contribution is -0.0520. The highest BCUT2D eigenvalue weighted by atomic mass is 28.3. The van der Waals surface area contributed by atoms with Gasteiger partial charge in [0.15, 0.2) is 0 Å². The predicted octanol–water partition coefficient (Wildman–Crippen LogP) is 2.99. The Hall–Kier alpha value is -1.03. The van der Waals surface area contributed by atoms with E-state index in [-0.39, 0.29) is 18.2 Å². The molecule has 0 radical (unpaired) electrons. The molecule has 0 aromatic carbocycles. The first-order valence-corrected chi connectivity index (χ1v) is 11.7. The van der Waals surface area contributed by atoms with Gasteiger partial charge in [-0.25, -0.2) is 4.79 Å². The number of amides is 1. The summed E-state index contributed by atoms with van der Waals surface area (Å²) in [6.45, 7) is 14.8. The number of rotatable bonds is 4. The first-order chi connectivity index (χ1) is 10.4. The van der Waals surface area contributed by atoms with Crippen LogP contribution < -0.4 is 0 Å². The number of ether oxygens (including phenoxy) is 2. The molecule has 132 valence electrons. The third kappa shape index (κ3) is 6.17. The van der Waals surface area contributed by atoms with Crippen LogP contribution in [0.15, 0.2) is 0 Å². The van der Waals surface area contributed by atoms with E-state index in [4.69, 9.17) is 9.47 Å². The van der Waals surface area contributed by atoms with Crippen LogP contribution >= 0.6 is 0 Å². The van der Waals surface area contributed by atoms with Crippen molar-refractivity contribution < 1.29 is 19.4 Å². The van der Waals surface area contributed by atoms with Crippen molar-refractivity contribution in [2.45, 2.75) is 77.5 Å². The Labute approximate surface area is 141 Å². The molecule has 0 aromatic heterocycles. The second kappa shape index (κ2) is 7.25. The van der Waals surface area contributed by atoms with Crippen LogP contribution in [0.5, 0.6) is 0 Å². The maximum Gasteiger partial charge on any atom is 0.412 e. The summed E-state index contributed by atoms with van der Waals surface area (Å²) in [4.78, 5) is 14.0. The number of hydrogen-bond acceptors (Lipinski definition) is 4. The van der Waals surface area contributed by atoms with Crippen LogP contribution in [0.25, 0.3) is 0 Å². The summed E-state index contributed by atoms with van der Waals surface area (Å²) in [6, 6.07) is 0. The summed E-state index contributed by atoms with van der Waals surface area (Å²) < 4.78 is 11.0. The average Bonchev–Trinajstić information content (AvgIpc) is 2.60. The van der Waals surface area contributed by atoms with Gasteiger partial charge in [-0.2, -0.15) is 0 Å². The highest BCUT2D eigenvalue weighted by molar-refractivity contribution is 6.83. The predicted molar refractivity (Wildman–Crippen MR) is 93.7 cm³/mol. The minimum Gasteiger partial charge on any atom is -0.449 e. The summed E-state index contributed by atoms with van der Waals surface area (Å²) >= 11 is 0. The lowest BCUT2D eigenvalue weighted by Crippen LogP contribution is -2.52. The lowest BCUT2D eigenvalue weighted by atomic mass is 10.0. The zero-order valence-corrected chi connectivity index (χ0v) is 16.5. The van der Waals surface area contributed by atoms with Gasteiger partial charge in [-0.15, -0.1) is 5.54 Å². The second-order valence-electron chi connectivity index (χ2n) is 8.18. The van der Waals surface area contributed by atoms with Gasteiger partial charge >= 0.3 is 6.09 Å². The summed E-state index contributed by atoms with van der Waals surface area (Å²) in [6.07, 6.45) is 0.0697. The van der Waals surface area contributed by atoms with Gasteiger partial charge in [0.05, 0.1) is 18.8 Å². The fourth-order valence-corrected chi connectivity index (χ4v) is 3.15. The highest BCUT2D eigenvalue weighted by Crippen LogP contribution is 2.34. The van der Waals surface area contributed by atoms with E-state index in [1.54, 1.807) is 4.90 Å². The van der Waals surface area contributed by atoms with Crippen molar-refractivity contribution >= 4 is 14.2 Å². The fraction of sp³-hybridized carbons (Fsp3) is 0.824. The van der Waals surface area contributed by atoms with E-state index < -0.39 is 19.9 Å². The van der Waals surface area contributed by atoms with Crippen LogP contribution in [-0.4, -0.2) is 54.8 Å². The van der Waals surface area contributed by atoms with Gasteiger partial charge in [0.1, 0.15) is 19.9 Å². The van der Waals surface area contributed by atoms with E-state index >= 15 is 0 Å².